The van der Waals surface area contributed by atoms with E-state index in [0.717, 1.165) is 53.1 Å². The molecule has 0 atom stereocenters. The fraction of sp³-hybridized carbons (Fsp3) is 0.200. The highest BCUT2D eigenvalue weighted by Crippen LogP contribution is 2.43. The number of aromatic amines is 1. The zero-order valence-electron chi connectivity index (χ0n) is 17.6. The van der Waals surface area contributed by atoms with E-state index in [1.165, 1.54) is 28.6 Å². The first-order valence-electron chi connectivity index (χ1n) is 10.7. The molecule has 2 aromatic heterocycles. The summed E-state index contributed by atoms with van der Waals surface area (Å²) in [7, 11) is 0. The fourth-order valence-corrected chi connectivity index (χ4v) is 5.36. The van der Waals surface area contributed by atoms with Gasteiger partial charge in [0.1, 0.15) is 16.6 Å². The summed E-state index contributed by atoms with van der Waals surface area (Å²) in [5, 5.41) is 3.82. The summed E-state index contributed by atoms with van der Waals surface area (Å²) in [4.78, 5) is 22.2. The maximum Gasteiger partial charge on any atom is 0.387 e. The number of thiophene rings is 1. The second kappa shape index (κ2) is 9.15. The molecule has 0 bridgehead atoms. The summed E-state index contributed by atoms with van der Waals surface area (Å²) >= 11 is 1.61. The predicted octanol–water partition coefficient (Wildman–Crippen LogP) is 6.42. The Hall–Kier alpha value is -3.52. The van der Waals surface area contributed by atoms with Gasteiger partial charge in [0, 0.05) is 11.0 Å². The zero-order valence-corrected chi connectivity index (χ0v) is 18.4. The Bertz CT molecular complexity index is 1290. The molecule has 0 aliphatic heterocycles. The zero-order chi connectivity index (χ0) is 22.8. The van der Waals surface area contributed by atoms with Crippen LogP contribution in [0, 0.1) is 0 Å². The van der Waals surface area contributed by atoms with Gasteiger partial charge in [-0.05, 0) is 67.2 Å². The molecule has 1 aliphatic rings. The summed E-state index contributed by atoms with van der Waals surface area (Å²) in [5.41, 5.74) is 4.79. The Morgan fingerprint density at radius 2 is 1.91 bits per heavy atom. The molecule has 5 nitrogen and oxygen atoms in total. The van der Waals surface area contributed by atoms with Gasteiger partial charge in [0.15, 0.2) is 0 Å². The molecule has 168 valence electrons. The number of aryl methyl sites for hydroxylation is 1. The molecule has 1 amide bonds. The number of rotatable bonds is 6. The minimum atomic E-state index is -2.87. The molecule has 0 saturated heterocycles. The molecule has 5 rings (SSSR count). The Balaban J connectivity index is 1.39. The average molecular weight is 466 g/mol. The van der Waals surface area contributed by atoms with E-state index in [1.807, 2.05) is 24.3 Å². The lowest BCUT2D eigenvalue weighted by Crippen LogP contribution is -2.08. The molecular weight excluding hydrogens is 444 g/mol. The lowest BCUT2D eigenvalue weighted by Gasteiger charge is -2.11. The quantitative estimate of drug-likeness (QED) is 0.323. The highest BCUT2D eigenvalue weighted by Gasteiger charge is 2.24. The van der Waals surface area contributed by atoms with Crippen LogP contribution < -0.4 is 10.1 Å². The van der Waals surface area contributed by atoms with E-state index in [1.54, 1.807) is 29.5 Å². The molecule has 33 heavy (non-hydrogen) atoms. The van der Waals surface area contributed by atoms with Gasteiger partial charge in [0.2, 0.25) is 5.91 Å². The van der Waals surface area contributed by atoms with Crippen LogP contribution in [0.15, 0.2) is 54.6 Å². The SMILES string of the molecule is O=C(C=Cc1ccc(OC(F)F)cc1)Nc1sc2c(c1-c1nc3ccccc3[nH]1)CCCC2. The van der Waals surface area contributed by atoms with Crippen LogP contribution in [-0.2, 0) is 17.6 Å². The minimum Gasteiger partial charge on any atom is -0.435 e. The fourth-order valence-electron chi connectivity index (χ4n) is 4.06. The molecule has 8 heteroatoms. The van der Waals surface area contributed by atoms with Gasteiger partial charge in [-0.1, -0.05) is 24.3 Å². The van der Waals surface area contributed by atoms with Crippen molar-refractivity contribution in [3.8, 4) is 17.1 Å². The number of aromatic nitrogens is 2. The Morgan fingerprint density at radius 3 is 2.70 bits per heavy atom. The molecule has 0 fully saturated rings. The van der Waals surface area contributed by atoms with Crippen LogP contribution in [-0.4, -0.2) is 22.5 Å². The number of nitrogens with zero attached hydrogens (tertiary/aromatic N) is 1. The summed E-state index contributed by atoms with van der Waals surface area (Å²) < 4.78 is 28.9. The molecule has 1 aliphatic carbocycles. The Morgan fingerprint density at radius 1 is 1.12 bits per heavy atom. The number of hydrogen-bond acceptors (Lipinski definition) is 4. The van der Waals surface area contributed by atoms with Gasteiger partial charge in [-0.15, -0.1) is 11.3 Å². The lowest BCUT2D eigenvalue weighted by molar-refractivity contribution is -0.111. The van der Waals surface area contributed by atoms with Crippen molar-refractivity contribution in [1.29, 1.82) is 0 Å². The average Bonchev–Trinajstić information content (AvgIpc) is 3.38. The number of anilines is 1. The number of nitrogens with one attached hydrogen (secondary N) is 2. The van der Waals surface area contributed by atoms with Crippen molar-refractivity contribution in [3.05, 3.63) is 70.6 Å². The summed E-state index contributed by atoms with van der Waals surface area (Å²) in [6, 6.07) is 14.0. The number of carbonyl (C=O) groups excluding carboxylic acids is 1. The van der Waals surface area contributed by atoms with Gasteiger partial charge in [-0.2, -0.15) is 8.78 Å². The molecule has 0 saturated carbocycles. The van der Waals surface area contributed by atoms with Crippen molar-refractivity contribution in [2.45, 2.75) is 32.3 Å². The first-order chi connectivity index (χ1) is 16.1. The first-order valence-corrected chi connectivity index (χ1v) is 11.5. The molecular formula is C25H21F2N3O2S. The third-order valence-corrected chi connectivity index (χ3v) is 6.77. The summed E-state index contributed by atoms with van der Waals surface area (Å²) in [6.07, 6.45) is 7.31. The molecule has 2 aromatic carbocycles. The van der Waals surface area contributed by atoms with Crippen molar-refractivity contribution >= 4 is 39.4 Å². The van der Waals surface area contributed by atoms with E-state index in [2.05, 4.69) is 15.0 Å². The van der Waals surface area contributed by atoms with Gasteiger partial charge >= 0.3 is 6.61 Å². The number of benzene rings is 2. The van der Waals surface area contributed by atoms with Crippen LogP contribution >= 0.6 is 11.3 Å². The maximum atomic E-state index is 12.7. The second-order valence-corrected chi connectivity index (χ2v) is 8.89. The standard InChI is InChI=1S/C25H21F2N3O2S/c26-25(27)32-16-12-9-15(10-13-16)11-14-21(31)30-24-22(17-5-1-4-8-20(17)33-24)23-28-18-6-2-3-7-19(18)29-23/h2-3,6-7,9-14,25H,1,4-5,8H2,(H,28,29)(H,30,31). The minimum absolute atomic E-state index is 0.0752. The molecule has 0 unspecified atom stereocenters. The molecule has 2 heterocycles. The van der Waals surface area contributed by atoms with Crippen LogP contribution in [0.5, 0.6) is 5.75 Å². The number of imidazole rings is 1. The number of carbonyl (C=O) groups is 1. The van der Waals surface area contributed by atoms with Crippen LogP contribution in [0.4, 0.5) is 13.8 Å². The number of hydrogen-bond donors (Lipinski definition) is 2. The van der Waals surface area contributed by atoms with Crippen molar-refractivity contribution in [3.63, 3.8) is 0 Å². The lowest BCUT2D eigenvalue weighted by atomic mass is 9.95. The van der Waals surface area contributed by atoms with Crippen molar-refractivity contribution < 1.29 is 18.3 Å². The van der Waals surface area contributed by atoms with Gasteiger partial charge < -0.3 is 15.0 Å². The number of halogens is 2. The van der Waals surface area contributed by atoms with Crippen molar-refractivity contribution in [2.24, 2.45) is 0 Å². The second-order valence-electron chi connectivity index (χ2n) is 7.79. The summed E-state index contributed by atoms with van der Waals surface area (Å²) in [6.45, 7) is -2.87. The Labute approximate surface area is 193 Å². The van der Waals surface area contributed by atoms with Crippen LogP contribution in [0.3, 0.4) is 0 Å². The van der Waals surface area contributed by atoms with Crippen LogP contribution in [0.2, 0.25) is 0 Å². The number of para-hydroxylation sites is 2. The topological polar surface area (TPSA) is 67.0 Å². The van der Waals surface area contributed by atoms with E-state index in [4.69, 9.17) is 4.98 Å². The maximum absolute atomic E-state index is 12.7. The third kappa shape index (κ3) is 4.66. The highest BCUT2D eigenvalue weighted by atomic mass is 32.1. The molecule has 0 spiro atoms. The van der Waals surface area contributed by atoms with Crippen molar-refractivity contribution in [1.82, 2.24) is 9.97 Å². The van der Waals surface area contributed by atoms with E-state index in [-0.39, 0.29) is 11.7 Å². The number of amides is 1. The molecule has 4 aromatic rings. The number of alkyl halides is 2. The summed E-state index contributed by atoms with van der Waals surface area (Å²) in [5.74, 6) is 0.578. The third-order valence-electron chi connectivity index (χ3n) is 5.57. The molecule has 2 N–H and O–H groups in total. The number of fused-ring (bicyclic) bond motifs is 2. The largest absolute Gasteiger partial charge is 0.435 e. The predicted molar refractivity (Wildman–Crippen MR) is 127 cm³/mol. The number of ether oxygens (including phenoxy) is 1. The van der Waals surface area contributed by atoms with Crippen LogP contribution in [0.25, 0.3) is 28.5 Å². The van der Waals surface area contributed by atoms with E-state index < -0.39 is 6.61 Å². The van der Waals surface area contributed by atoms with Gasteiger partial charge in [0.05, 0.1) is 16.6 Å². The van der Waals surface area contributed by atoms with E-state index in [9.17, 15) is 13.6 Å². The van der Waals surface area contributed by atoms with Crippen molar-refractivity contribution in [2.75, 3.05) is 5.32 Å². The highest BCUT2D eigenvalue weighted by molar-refractivity contribution is 7.17. The van der Waals surface area contributed by atoms with Crippen LogP contribution in [0.1, 0.15) is 28.8 Å². The normalized spacial score (nSPS) is 13.5. The van der Waals surface area contributed by atoms with Gasteiger partial charge in [-0.3, -0.25) is 4.79 Å². The Kier molecular flexibility index (Phi) is 5.92. The monoisotopic (exact) mass is 465 g/mol. The van der Waals surface area contributed by atoms with E-state index >= 15 is 0 Å². The molecule has 0 radical (unpaired) electrons. The number of H-pyrrole nitrogens is 1. The van der Waals surface area contributed by atoms with E-state index in [0.29, 0.717) is 5.56 Å². The van der Waals surface area contributed by atoms with Gasteiger partial charge in [-0.25, -0.2) is 4.98 Å². The smallest absolute Gasteiger partial charge is 0.387 e. The first kappa shape index (κ1) is 21.3. The van der Waals surface area contributed by atoms with Gasteiger partial charge in [0.25, 0.3) is 0 Å².